The number of benzene rings is 1. The number of pyridine rings is 1. The van der Waals surface area contributed by atoms with Gasteiger partial charge < -0.3 is 29.5 Å². The van der Waals surface area contributed by atoms with Crippen molar-refractivity contribution in [3.05, 3.63) is 41.4 Å². The van der Waals surface area contributed by atoms with Crippen LogP contribution in [0.5, 0.6) is 11.8 Å². The molecule has 1 aromatic carbocycles. The molecule has 6 rings (SSSR count). The topological polar surface area (TPSA) is 194 Å². The van der Waals surface area contributed by atoms with E-state index in [9.17, 15) is 41.1 Å². The van der Waals surface area contributed by atoms with Crippen molar-refractivity contribution in [2.45, 2.75) is 120 Å². The molecule has 1 aromatic heterocycles. The van der Waals surface area contributed by atoms with E-state index in [0.29, 0.717) is 55.3 Å². The highest BCUT2D eigenvalue weighted by Crippen LogP contribution is 2.48. The zero-order valence-electron chi connectivity index (χ0n) is 34.9. The number of alkyl halides is 3. The molecular formula is C41H53ClF3N5O10S. The lowest BCUT2D eigenvalue weighted by Gasteiger charge is -2.45. The van der Waals surface area contributed by atoms with Gasteiger partial charge in [0.05, 0.1) is 17.9 Å². The van der Waals surface area contributed by atoms with Crippen molar-refractivity contribution in [3.63, 3.8) is 0 Å². The summed E-state index contributed by atoms with van der Waals surface area (Å²) in [5.41, 5.74) is -4.81. The number of carbonyl (C=O) groups is 4. The number of allylic oxidation sites excluding steroid dienone is 1. The van der Waals surface area contributed by atoms with Gasteiger partial charge in [-0.15, -0.1) is 0 Å². The van der Waals surface area contributed by atoms with Gasteiger partial charge in [0, 0.05) is 41.3 Å². The lowest BCUT2D eigenvalue weighted by atomic mass is 9.85. The number of hydrogen-bond donors (Lipinski definition) is 3. The van der Waals surface area contributed by atoms with Crippen LogP contribution in [0, 0.1) is 17.8 Å². The molecule has 2 aliphatic carbocycles. The largest absolute Gasteiger partial charge is 0.475 e. The van der Waals surface area contributed by atoms with Crippen molar-refractivity contribution < 1.29 is 60.1 Å². The Morgan fingerprint density at radius 2 is 1.84 bits per heavy atom. The molecule has 2 saturated carbocycles. The predicted molar refractivity (Wildman–Crippen MR) is 217 cm³/mol. The van der Waals surface area contributed by atoms with Gasteiger partial charge in [-0.05, 0) is 83.3 Å². The molecule has 336 valence electrons. The van der Waals surface area contributed by atoms with Crippen LogP contribution in [0.25, 0.3) is 10.8 Å². The second kappa shape index (κ2) is 17.1. The standard InChI is InChI=1S/C41H53ClF3N5O10S/c1-23-10-7-8-11-25-21-40(25,36(53)48-61(56,57)39(5)14-15-39)47-33(51)30-19-26(60-34-27-12-9-13-29(42)28(27)20-31(46-34)59-17-16-58-6)22-49(30)35(52)32(24(2)18-23)50(37(54)55)38(3,4)41(43,44)45/h8-9,11-13,20,23-26,30,32H,7,10,14-19,21-22H2,1-6H3,(H,47,51)(H,48,53)(H,54,55)/b11-8-/t23-,24+,25+,26+,30-,32-,40+/m0/s1. The summed E-state index contributed by atoms with van der Waals surface area (Å²) in [5, 5.41) is 14.5. The van der Waals surface area contributed by atoms with E-state index in [0.717, 1.165) is 4.90 Å². The SMILES string of the molecule is COCCOc1cc2c(Cl)cccc2c(O[C@@H]2C[C@H]3C(=O)N[C@]4(C(=O)NS(=O)(=O)C5(C)CC5)C[C@H]4/C=C\CC[C@H](C)C[C@@H](C)[C@H](N(C(=O)O)C(C)(C)C(F)(F)F)C(=O)N3C2)n1. The smallest absolute Gasteiger partial charge is 0.411 e. The van der Waals surface area contributed by atoms with Crippen LogP contribution in [0.1, 0.15) is 79.6 Å². The fourth-order valence-corrected chi connectivity index (χ4v) is 9.86. The lowest BCUT2D eigenvalue weighted by Crippen LogP contribution is -2.66. The Bertz CT molecular complexity index is 2190. The van der Waals surface area contributed by atoms with Crippen LogP contribution in [-0.2, 0) is 29.1 Å². The summed E-state index contributed by atoms with van der Waals surface area (Å²) in [6, 6.07) is 3.12. The molecule has 0 radical (unpaired) electrons. The van der Waals surface area contributed by atoms with Crippen molar-refractivity contribution in [2.75, 3.05) is 26.9 Å². The molecule has 15 nitrogen and oxygen atoms in total. The van der Waals surface area contributed by atoms with Gasteiger partial charge in [0.15, 0.2) is 0 Å². The summed E-state index contributed by atoms with van der Waals surface area (Å²) in [4.78, 5) is 62.4. The number of carbonyl (C=O) groups excluding carboxylic acids is 3. The van der Waals surface area contributed by atoms with Gasteiger partial charge in [-0.1, -0.05) is 43.7 Å². The normalized spacial score (nSPS) is 28.7. The molecule has 3 heterocycles. The predicted octanol–water partition coefficient (Wildman–Crippen LogP) is 5.84. The number of nitrogens with zero attached hydrogens (tertiary/aromatic N) is 3. The zero-order valence-corrected chi connectivity index (χ0v) is 36.5. The molecular weight excluding hydrogens is 847 g/mol. The van der Waals surface area contributed by atoms with E-state index in [1.165, 1.54) is 21.0 Å². The van der Waals surface area contributed by atoms with Crippen LogP contribution in [0.3, 0.4) is 0 Å². The molecule has 20 heteroatoms. The van der Waals surface area contributed by atoms with Crippen molar-refractivity contribution >= 4 is 56.2 Å². The third kappa shape index (κ3) is 9.24. The van der Waals surface area contributed by atoms with E-state index in [1.54, 1.807) is 36.4 Å². The van der Waals surface area contributed by atoms with Gasteiger partial charge >= 0.3 is 12.3 Å². The van der Waals surface area contributed by atoms with Crippen LogP contribution in [0.15, 0.2) is 36.4 Å². The number of sulfonamides is 1. The summed E-state index contributed by atoms with van der Waals surface area (Å²) in [5.74, 6) is -4.66. The van der Waals surface area contributed by atoms with E-state index in [2.05, 4.69) is 15.0 Å². The second-order valence-corrected chi connectivity index (χ2v) is 20.2. The fraction of sp³-hybridized carbons (Fsp3) is 0.634. The fourth-order valence-electron chi connectivity index (χ4n) is 8.32. The first kappa shape index (κ1) is 46.2. The number of hydrogen-bond acceptors (Lipinski definition) is 10. The molecule has 0 bridgehead atoms. The summed E-state index contributed by atoms with van der Waals surface area (Å²) in [7, 11) is -2.65. The maximum Gasteiger partial charge on any atom is 0.411 e. The summed E-state index contributed by atoms with van der Waals surface area (Å²) in [6.45, 7) is 6.15. The van der Waals surface area contributed by atoms with Gasteiger partial charge in [-0.3, -0.25) is 24.0 Å². The molecule has 4 amide bonds. The number of aromatic nitrogens is 1. The second-order valence-electron chi connectivity index (χ2n) is 17.6. The maximum atomic E-state index is 15.1. The number of rotatable bonds is 11. The van der Waals surface area contributed by atoms with Crippen LogP contribution < -0.4 is 19.5 Å². The van der Waals surface area contributed by atoms with Gasteiger partial charge in [-0.25, -0.2) is 13.2 Å². The first-order chi connectivity index (χ1) is 28.5. The van der Waals surface area contributed by atoms with E-state index in [1.807, 2.05) is 6.92 Å². The Morgan fingerprint density at radius 1 is 1.13 bits per heavy atom. The molecule has 3 fully saturated rings. The van der Waals surface area contributed by atoms with E-state index in [-0.39, 0.29) is 55.1 Å². The average Bonchev–Trinajstić information content (AvgIpc) is 4.05. The Labute approximate surface area is 357 Å². The number of ether oxygens (including phenoxy) is 3. The molecule has 61 heavy (non-hydrogen) atoms. The Morgan fingerprint density at radius 3 is 2.48 bits per heavy atom. The number of methoxy groups -OCH3 is 1. The van der Waals surface area contributed by atoms with Crippen molar-refractivity contribution in [1.29, 1.82) is 0 Å². The number of nitrogens with one attached hydrogen (secondary N) is 2. The lowest BCUT2D eigenvalue weighted by molar-refractivity contribution is -0.222. The van der Waals surface area contributed by atoms with Gasteiger partial charge in [-0.2, -0.15) is 18.2 Å². The van der Waals surface area contributed by atoms with Crippen LogP contribution >= 0.6 is 11.6 Å². The monoisotopic (exact) mass is 899 g/mol. The van der Waals surface area contributed by atoms with Gasteiger partial charge in [0.1, 0.15) is 35.9 Å². The zero-order chi connectivity index (χ0) is 44.9. The third-order valence-corrected chi connectivity index (χ3v) is 15.1. The minimum atomic E-state index is -5.12. The van der Waals surface area contributed by atoms with E-state index >= 15 is 4.79 Å². The van der Waals surface area contributed by atoms with Crippen LogP contribution in [0.4, 0.5) is 18.0 Å². The van der Waals surface area contributed by atoms with Crippen LogP contribution in [-0.4, -0.2) is 119 Å². The molecule has 4 aliphatic rings. The Hall–Kier alpha value is -4.36. The van der Waals surface area contributed by atoms with Gasteiger partial charge in [0.25, 0.3) is 5.91 Å². The summed E-state index contributed by atoms with van der Waals surface area (Å²) in [6.07, 6.45) is -3.14. The number of carboxylic acid groups (broad SMARTS) is 1. The molecule has 0 unspecified atom stereocenters. The molecule has 7 atom stereocenters. The number of amides is 4. The Balaban J connectivity index is 1.44. The minimum Gasteiger partial charge on any atom is -0.475 e. The highest BCUT2D eigenvalue weighted by molar-refractivity contribution is 7.91. The quantitative estimate of drug-likeness (QED) is 0.181. The minimum absolute atomic E-state index is 0.000791. The molecule has 1 saturated heterocycles. The van der Waals surface area contributed by atoms with E-state index in [4.69, 9.17) is 25.8 Å². The number of fused-ring (bicyclic) bond motifs is 3. The third-order valence-electron chi connectivity index (χ3n) is 12.6. The van der Waals surface area contributed by atoms with Gasteiger partial charge in [0.2, 0.25) is 33.6 Å². The molecule has 2 aliphatic heterocycles. The van der Waals surface area contributed by atoms with Crippen molar-refractivity contribution in [1.82, 2.24) is 24.8 Å². The van der Waals surface area contributed by atoms with Crippen LogP contribution in [0.2, 0.25) is 5.02 Å². The highest BCUT2D eigenvalue weighted by Gasteiger charge is 2.64. The van der Waals surface area contributed by atoms with Crippen molar-refractivity contribution in [2.24, 2.45) is 17.8 Å². The first-order valence-corrected chi connectivity index (χ1v) is 22.1. The Kier molecular flexibility index (Phi) is 12.9. The van der Waals surface area contributed by atoms with Crippen molar-refractivity contribution in [3.8, 4) is 11.8 Å². The number of halogens is 4. The molecule has 3 N–H and O–H groups in total. The maximum absolute atomic E-state index is 15.1. The van der Waals surface area contributed by atoms with E-state index < -0.39 is 92.4 Å². The molecule has 0 spiro atoms. The summed E-state index contributed by atoms with van der Waals surface area (Å²) >= 11 is 6.56. The average molecular weight is 900 g/mol. The highest BCUT2D eigenvalue weighted by atomic mass is 35.5. The molecule has 2 aromatic rings. The first-order valence-electron chi connectivity index (χ1n) is 20.3. The summed E-state index contributed by atoms with van der Waals surface area (Å²) < 4.78 is 89.1.